The molecule has 0 saturated carbocycles. The third-order valence-electron chi connectivity index (χ3n) is 2.62. The highest BCUT2D eigenvalue weighted by Crippen LogP contribution is 2.21. The van der Waals surface area contributed by atoms with E-state index in [0.717, 1.165) is 0 Å². The number of thiocarbonyl (C=S) groups is 1. The largest absolute Gasteiger partial charge is 0.409 e. The molecule has 2 aromatic rings. The summed E-state index contributed by atoms with van der Waals surface area (Å²) in [7, 11) is 0. The monoisotopic (exact) mass is 418 g/mol. The smallest absolute Gasteiger partial charge is 0.208 e. The van der Waals surface area contributed by atoms with Crippen LogP contribution in [0.1, 0.15) is 5.69 Å². The number of anilines is 2. The first kappa shape index (κ1) is 18.0. The molecule has 1 aromatic heterocycles. The number of rotatable bonds is 5. The maximum Gasteiger partial charge on any atom is 0.208 e. The highest BCUT2D eigenvalue weighted by molar-refractivity contribution is 9.10. The Morgan fingerprint density at radius 3 is 2.83 bits per heavy atom. The van der Waals surface area contributed by atoms with Crippen molar-refractivity contribution in [3.8, 4) is 0 Å². The lowest BCUT2D eigenvalue weighted by Gasteiger charge is -2.09. The van der Waals surface area contributed by atoms with Crippen molar-refractivity contribution < 1.29 is 19.3 Å². The maximum atomic E-state index is 13.3. The van der Waals surface area contributed by atoms with Crippen molar-refractivity contribution in [1.82, 2.24) is 15.6 Å². The summed E-state index contributed by atoms with van der Waals surface area (Å²) in [6.45, 7) is 0.144. The molecule has 0 unspecified atom stereocenters. The molecule has 0 saturated heterocycles. The summed E-state index contributed by atoms with van der Waals surface area (Å²) in [5.41, 5.74) is 0.483. The standard InChI is InChI=1S/C12H12BrFN6O3S/c13-7-5-6(1-2-8(7)14)16-10(18-22)9-11(20-23-19-9)17-12(24)15-3-4-21/h1-2,5,21-22H,3-4H2,(H,16,18)(H2,15,17,20,24). The van der Waals surface area contributed by atoms with Gasteiger partial charge in [-0.2, -0.15) is 0 Å². The van der Waals surface area contributed by atoms with E-state index in [9.17, 15) is 9.60 Å². The second-order valence-corrected chi connectivity index (χ2v) is 5.53. The summed E-state index contributed by atoms with van der Waals surface area (Å²) in [4.78, 5) is 0. The van der Waals surface area contributed by atoms with Gasteiger partial charge in [-0.1, -0.05) is 5.16 Å². The molecular weight excluding hydrogens is 407 g/mol. The van der Waals surface area contributed by atoms with Crippen LogP contribution in [0.3, 0.4) is 0 Å². The van der Waals surface area contributed by atoms with Crippen molar-refractivity contribution in [3.63, 3.8) is 0 Å². The van der Waals surface area contributed by atoms with E-state index in [-0.39, 0.29) is 40.1 Å². The van der Waals surface area contributed by atoms with E-state index in [2.05, 4.69) is 52.0 Å². The first-order chi connectivity index (χ1) is 11.5. The minimum absolute atomic E-state index is 0.0473. The fourth-order valence-corrected chi connectivity index (χ4v) is 2.17. The molecule has 0 aliphatic heterocycles. The third-order valence-corrected chi connectivity index (χ3v) is 3.48. The molecule has 0 amide bonds. The Hall–Kier alpha value is -2.31. The number of aliphatic hydroxyl groups is 1. The van der Waals surface area contributed by atoms with Crippen LogP contribution >= 0.6 is 28.1 Å². The zero-order chi connectivity index (χ0) is 17.5. The second-order valence-electron chi connectivity index (χ2n) is 4.27. The van der Waals surface area contributed by atoms with Gasteiger partial charge in [-0.15, -0.1) is 0 Å². The Bertz CT molecular complexity index is 756. The van der Waals surface area contributed by atoms with Gasteiger partial charge >= 0.3 is 0 Å². The molecule has 0 spiro atoms. The predicted molar refractivity (Wildman–Crippen MR) is 91.7 cm³/mol. The molecule has 24 heavy (non-hydrogen) atoms. The molecule has 0 radical (unpaired) electrons. The summed E-state index contributed by atoms with van der Waals surface area (Å²) in [5.74, 6) is -0.442. The van der Waals surface area contributed by atoms with Crippen molar-refractivity contribution in [1.29, 1.82) is 0 Å². The molecule has 12 heteroatoms. The second kappa shape index (κ2) is 8.52. The number of halogens is 2. The first-order valence-corrected chi connectivity index (χ1v) is 7.68. The number of aromatic nitrogens is 2. The summed E-state index contributed by atoms with van der Waals surface area (Å²) in [6, 6.07) is 4.13. The highest BCUT2D eigenvalue weighted by Gasteiger charge is 2.19. The lowest BCUT2D eigenvalue weighted by molar-refractivity contribution is 0.300. The molecule has 0 fully saturated rings. The van der Waals surface area contributed by atoms with Crippen molar-refractivity contribution >= 4 is 50.6 Å². The van der Waals surface area contributed by atoms with Crippen LogP contribution < -0.4 is 16.0 Å². The average Bonchev–Trinajstić information content (AvgIpc) is 3.01. The fourth-order valence-electron chi connectivity index (χ4n) is 1.59. The van der Waals surface area contributed by atoms with E-state index in [1.54, 1.807) is 0 Å². The zero-order valence-electron chi connectivity index (χ0n) is 12.0. The number of oxime groups is 1. The van der Waals surface area contributed by atoms with Gasteiger partial charge in [0.2, 0.25) is 11.7 Å². The van der Waals surface area contributed by atoms with Crippen LogP contribution in [-0.4, -0.2) is 44.7 Å². The van der Waals surface area contributed by atoms with E-state index in [1.165, 1.54) is 18.2 Å². The first-order valence-electron chi connectivity index (χ1n) is 6.48. The van der Waals surface area contributed by atoms with Crippen LogP contribution in [0.15, 0.2) is 32.5 Å². The summed E-state index contributed by atoms with van der Waals surface area (Å²) in [5, 5.41) is 36.6. The molecule has 1 aromatic carbocycles. The van der Waals surface area contributed by atoms with Gasteiger partial charge in [0.25, 0.3) is 0 Å². The fraction of sp³-hybridized carbons (Fsp3) is 0.167. The van der Waals surface area contributed by atoms with Crippen LogP contribution in [-0.2, 0) is 0 Å². The van der Waals surface area contributed by atoms with E-state index in [4.69, 9.17) is 17.3 Å². The molecule has 0 aliphatic rings. The lowest BCUT2D eigenvalue weighted by atomic mass is 10.3. The van der Waals surface area contributed by atoms with Crippen LogP contribution in [0, 0.1) is 5.82 Å². The van der Waals surface area contributed by atoms with Crippen molar-refractivity contribution in [3.05, 3.63) is 34.2 Å². The van der Waals surface area contributed by atoms with E-state index in [0.29, 0.717) is 5.69 Å². The molecule has 1 heterocycles. The molecule has 0 bridgehead atoms. The summed E-state index contributed by atoms with van der Waals surface area (Å²) < 4.78 is 18.1. The molecular formula is C12H12BrFN6O3S. The van der Waals surface area contributed by atoms with Crippen LogP contribution in [0.5, 0.6) is 0 Å². The summed E-state index contributed by atoms with van der Waals surface area (Å²) >= 11 is 8.05. The van der Waals surface area contributed by atoms with Gasteiger partial charge in [-0.3, -0.25) is 0 Å². The van der Waals surface area contributed by atoms with Gasteiger partial charge in [0.05, 0.1) is 11.1 Å². The van der Waals surface area contributed by atoms with Gasteiger partial charge in [0.1, 0.15) is 5.82 Å². The van der Waals surface area contributed by atoms with E-state index >= 15 is 0 Å². The van der Waals surface area contributed by atoms with Crippen molar-refractivity contribution in [2.45, 2.75) is 0 Å². The minimum Gasteiger partial charge on any atom is -0.409 e. The Balaban J connectivity index is 2.15. The number of nitrogens with one attached hydrogen (secondary N) is 3. The van der Waals surface area contributed by atoms with Gasteiger partial charge in [-0.05, 0) is 56.7 Å². The number of nitrogens with zero attached hydrogens (tertiary/aromatic N) is 3. The van der Waals surface area contributed by atoms with Crippen molar-refractivity contribution in [2.24, 2.45) is 5.16 Å². The normalized spacial score (nSPS) is 11.2. The van der Waals surface area contributed by atoms with Crippen LogP contribution in [0.4, 0.5) is 15.9 Å². The Morgan fingerprint density at radius 2 is 2.17 bits per heavy atom. The highest BCUT2D eigenvalue weighted by atomic mass is 79.9. The topological polar surface area (TPSA) is 128 Å². The van der Waals surface area contributed by atoms with Gasteiger partial charge in [0.15, 0.2) is 10.8 Å². The van der Waals surface area contributed by atoms with Crippen LogP contribution in [0.2, 0.25) is 0 Å². The zero-order valence-corrected chi connectivity index (χ0v) is 14.4. The molecule has 5 N–H and O–H groups in total. The third kappa shape index (κ3) is 4.59. The number of aliphatic hydroxyl groups excluding tert-OH is 1. The summed E-state index contributed by atoms with van der Waals surface area (Å²) in [6.07, 6.45) is 0. The quantitative estimate of drug-likeness (QED) is 0.161. The Labute approximate surface area is 149 Å². The number of hydrogen-bond acceptors (Lipinski definition) is 7. The molecule has 128 valence electrons. The SMILES string of the molecule is OCCNC(=S)Nc1nonc1/C(=N/O)Nc1ccc(F)c(Br)c1. The van der Waals surface area contributed by atoms with Gasteiger partial charge < -0.3 is 26.3 Å². The molecule has 2 rings (SSSR count). The number of benzene rings is 1. The van der Waals surface area contributed by atoms with E-state index < -0.39 is 5.82 Å². The van der Waals surface area contributed by atoms with Gasteiger partial charge in [-0.25, -0.2) is 9.02 Å². The predicted octanol–water partition coefficient (Wildman–Crippen LogP) is 1.50. The molecule has 0 aliphatic carbocycles. The minimum atomic E-state index is -0.436. The van der Waals surface area contributed by atoms with Crippen molar-refractivity contribution in [2.75, 3.05) is 23.8 Å². The maximum absolute atomic E-state index is 13.3. The van der Waals surface area contributed by atoms with E-state index in [1.807, 2.05) is 0 Å². The lowest BCUT2D eigenvalue weighted by Crippen LogP contribution is -2.31. The number of hydrogen-bond donors (Lipinski definition) is 5. The molecule has 9 nitrogen and oxygen atoms in total. The number of amidine groups is 1. The van der Waals surface area contributed by atoms with Gasteiger partial charge in [0, 0.05) is 12.2 Å². The Morgan fingerprint density at radius 1 is 1.38 bits per heavy atom. The Kier molecular flexibility index (Phi) is 6.40. The molecule has 0 atom stereocenters. The van der Waals surface area contributed by atoms with Crippen LogP contribution in [0.25, 0.3) is 0 Å². The average molecular weight is 419 g/mol.